The number of hydrogen-bond acceptors (Lipinski definition) is 2. The van der Waals surface area contributed by atoms with Gasteiger partial charge >= 0.3 is 0 Å². The zero-order chi connectivity index (χ0) is 11.0. The van der Waals surface area contributed by atoms with E-state index < -0.39 is 11.6 Å². The average molecular weight is 212 g/mol. The topological polar surface area (TPSA) is 38.0 Å². The quantitative estimate of drug-likeness (QED) is 0.756. The van der Waals surface area contributed by atoms with Gasteiger partial charge in [-0.3, -0.25) is 0 Å². The van der Waals surface area contributed by atoms with Gasteiger partial charge in [-0.05, 0) is 24.5 Å². The smallest absolute Gasteiger partial charge is 0.151 e. The zero-order valence-electron chi connectivity index (χ0n) is 8.56. The number of nitrogen functional groups attached to an aromatic ring is 1. The highest BCUT2D eigenvalue weighted by Gasteiger charge is 2.36. The molecule has 1 saturated carbocycles. The van der Waals surface area contributed by atoms with Gasteiger partial charge in [0.1, 0.15) is 5.69 Å². The lowest BCUT2D eigenvalue weighted by Crippen LogP contribution is -2.08. The molecule has 2 atom stereocenters. The molecule has 0 heterocycles. The van der Waals surface area contributed by atoms with Crippen LogP contribution in [0.5, 0.6) is 0 Å². The predicted molar refractivity (Wildman–Crippen MR) is 56.6 cm³/mol. The van der Waals surface area contributed by atoms with E-state index in [1.54, 1.807) is 0 Å². The molecule has 0 amide bonds. The molecule has 0 spiro atoms. The highest BCUT2D eigenvalue weighted by Crippen LogP contribution is 2.37. The molecule has 2 rings (SSSR count). The fourth-order valence-corrected chi connectivity index (χ4v) is 1.79. The van der Waals surface area contributed by atoms with Crippen LogP contribution >= 0.6 is 0 Å². The Morgan fingerprint density at radius 3 is 2.47 bits per heavy atom. The van der Waals surface area contributed by atoms with Gasteiger partial charge in [-0.1, -0.05) is 13.3 Å². The number of anilines is 2. The largest absolute Gasteiger partial charge is 0.399 e. The Labute approximate surface area is 87.5 Å². The van der Waals surface area contributed by atoms with E-state index in [4.69, 9.17) is 5.73 Å². The van der Waals surface area contributed by atoms with Crippen molar-refractivity contribution in [3.05, 3.63) is 23.8 Å². The lowest BCUT2D eigenvalue weighted by molar-refractivity contribution is 0.587. The number of rotatable bonds is 3. The maximum Gasteiger partial charge on any atom is 0.151 e. The molecule has 1 fully saturated rings. The van der Waals surface area contributed by atoms with E-state index in [2.05, 4.69) is 12.2 Å². The van der Waals surface area contributed by atoms with Crippen LogP contribution in [0.15, 0.2) is 12.1 Å². The monoisotopic (exact) mass is 212 g/mol. The lowest BCUT2D eigenvalue weighted by Gasteiger charge is -2.08. The first-order valence-corrected chi connectivity index (χ1v) is 5.13. The van der Waals surface area contributed by atoms with Gasteiger partial charge in [0.25, 0.3) is 0 Å². The molecule has 15 heavy (non-hydrogen) atoms. The molecule has 0 bridgehead atoms. The van der Waals surface area contributed by atoms with Crippen LogP contribution in [0.25, 0.3) is 0 Å². The van der Waals surface area contributed by atoms with Crippen molar-refractivity contribution in [3.8, 4) is 0 Å². The van der Waals surface area contributed by atoms with Crippen LogP contribution in [0.3, 0.4) is 0 Å². The van der Waals surface area contributed by atoms with Crippen LogP contribution in [0.4, 0.5) is 20.2 Å². The Hall–Kier alpha value is -1.32. The van der Waals surface area contributed by atoms with Gasteiger partial charge in [0, 0.05) is 11.7 Å². The summed E-state index contributed by atoms with van der Waals surface area (Å²) in [7, 11) is 0. The Morgan fingerprint density at radius 1 is 1.40 bits per heavy atom. The van der Waals surface area contributed by atoms with Crippen molar-refractivity contribution in [3.63, 3.8) is 0 Å². The molecular formula is C11H14F2N2. The summed E-state index contributed by atoms with van der Waals surface area (Å²) in [6.45, 7) is 2.07. The number of benzene rings is 1. The summed E-state index contributed by atoms with van der Waals surface area (Å²) >= 11 is 0. The van der Waals surface area contributed by atoms with Crippen LogP contribution < -0.4 is 11.1 Å². The summed E-state index contributed by atoms with van der Waals surface area (Å²) in [6.07, 6.45) is 2.02. The first kappa shape index (κ1) is 10.2. The van der Waals surface area contributed by atoms with E-state index in [0.717, 1.165) is 25.0 Å². The van der Waals surface area contributed by atoms with E-state index in [0.29, 0.717) is 5.92 Å². The molecule has 0 aliphatic heterocycles. The number of halogens is 2. The van der Waals surface area contributed by atoms with E-state index in [1.807, 2.05) is 0 Å². The molecule has 1 aromatic rings. The van der Waals surface area contributed by atoms with Crippen molar-refractivity contribution in [2.24, 2.45) is 5.92 Å². The Balaban J connectivity index is 2.15. The van der Waals surface area contributed by atoms with Crippen molar-refractivity contribution in [2.45, 2.75) is 25.8 Å². The van der Waals surface area contributed by atoms with Crippen LogP contribution in [0.2, 0.25) is 0 Å². The summed E-state index contributed by atoms with van der Waals surface area (Å²) < 4.78 is 26.7. The van der Waals surface area contributed by atoms with Crippen molar-refractivity contribution in [1.82, 2.24) is 0 Å². The van der Waals surface area contributed by atoms with E-state index in [9.17, 15) is 8.78 Å². The minimum atomic E-state index is -0.616. The molecule has 2 unspecified atom stereocenters. The van der Waals surface area contributed by atoms with E-state index in [-0.39, 0.29) is 17.4 Å². The molecule has 1 aromatic carbocycles. The van der Waals surface area contributed by atoms with Crippen LogP contribution in [0, 0.1) is 17.6 Å². The van der Waals surface area contributed by atoms with Gasteiger partial charge in [-0.25, -0.2) is 8.78 Å². The zero-order valence-corrected chi connectivity index (χ0v) is 8.56. The van der Waals surface area contributed by atoms with Crippen molar-refractivity contribution >= 4 is 11.4 Å². The molecule has 1 aliphatic carbocycles. The second-order valence-corrected chi connectivity index (χ2v) is 4.01. The maximum absolute atomic E-state index is 13.3. The minimum absolute atomic E-state index is 0.0508. The summed E-state index contributed by atoms with van der Waals surface area (Å²) in [4.78, 5) is 0. The molecule has 4 heteroatoms. The number of hydrogen-bond donors (Lipinski definition) is 2. The van der Waals surface area contributed by atoms with Gasteiger partial charge in [-0.15, -0.1) is 0 Å². The van der Waals surface area contributed by atoms with Crippen molar-refractivity contribution < 1.29 is 8.78 Å². The predicted octanol–water partition coefficient (Wildman–Crippen LogP) is 2.76. The summed E-state index contributed by atoms with van der Waals surface area (Å²) in [6, 6.07) is 2.48. The number of nitrogens with one attached hydrogen (secondary N) is 1. The fourth-order valence-electron chi connectivity index (χ4n) is 1.79. The van der Waals surface area contributed by atoms with Crippen LogP contribution in [0.1, 0.15) is 19.8 Å². The van der Waals surface area contributed by atoms with E-state index in [1.165, 1.54) is 0 Å². The second-order valence-electron chi connectivity index (χ2n) is 4.01. The standard InChI is InChI=1S/C11H14F2N2/c1-2-6-3-10(6)15-11-8(12)4-7(14)5-9(11)13/h4-6,10,15H,2-3,14H2,1H3. The summed E-state index contributed by atoms with van der Waals surface area (Å²) in [5.41, 5.74) is 5.38. The Kier molecular flexibility index (Phi) is 2.50. The minimum Gasteiger partial charge on any atom is -0.399 e. The Morgan fingerprint density at radius 2 is 2.00 bits per heavy atom. The fraction of sp³-hybridized carbons (Fsp3) is 0.455. The third-order valence-corrected chi connectivity index (χ3v) is 2.84. The molecule has 82 valence electrons. The summed E-state index contributed by atoms with van der Waals surface area (Å²) in [5, 5.41) is 2.88. The average Bonchev–Trinajstić information content (AvgIpc) is 2.89. The highest BCUT2D eigenvalue weighted by atomic mass is 19.1. The molecule has 2 nitrogen and oxygen atoms in total. The highest BCUT2D eigenvalue weighted by molar-refractivity contribution is 5.55. The van der Waals surface area contributed by atoms with E-state index >= 15 is 0 Å². The molecule has 0 saturated heterocycles. The molecule has 3 N–H and O–H groups in total. The molecular weight excluding hydrogens is 198 g/mol. The SMILES string of the molecule is CCC1CC1Nc1c(F)cc(N)cc1F. The Bertz CT molecular complexity index is 356. The van der Waals surface area contributed by atoms with Crippen molar-refractivity contribution in [2.75, 3.05) is 11.1 Å². The molecule has 0 radical (unpaired) electrons. The third kappa shape index (κ3) is 2.03. The van der Waals surface area contributed by atoms with Crippen molar-refractivity contribution in [1.29, 1.82) is 0 Å². The maximum atomic E-state index is 13.3. The van der Waals surface area contributed by atoms with Crippen LogP contribution in [-0.4, -0.2) is 6.04 Å². The lowest BCUT2D eigenvalue weighted by atomic mass is 10.2. The second kappa shape index (κ2) is 3.68. The third-order valence-electron chi connectivity index (χ3n) is 2.84. The van der Waals surface area contributed by atoms with Crippen LogP contribution in [-0.2, 0) is 0 Å². The normalized spacial score (nSPS) is 23.9. The molecule has 1 aliphatic rings. The first-order chi connectivity index (χ1) is 7.11. The van der Waals surface area contributed by atoms with Gasteiger partial charge in [0.15, 0.2) is 11.6 Å². The van der Waals surface area contributed by atoms with Gasteiger partial charge < -0.3 is 11.1 Å². The number of nitrogens with two attached hydrogens (primary N) is 1. The first-order valence-electron chi connectivity index (χ1n) is 5.13. The van der Waals surface area contributed by atoms with Gasteiger partial charge in [0.2, 0.25) is 0 Å². The summed E-state index contributed by atoms with van der Waals surface area (Å²) in [5.74, 6) is -0.690. The van der Waals surface area contributed by atoms with Gasteiger partial charge in [0.05, 0.1) is 0 Å². The molecule has 0 aromatic heterocycles. The van der Waals surface area contributed by atoms with Gasteiger partial charge in [-0.2, -0.15) is 0 Å².